The van der Waals surface area contributed by atoms with Gasteiger partial charge in [0, 0.05) is 12.3 Å². The Morgan fingerprint density at radius 2 is 1.69 bits per heavy atom. The van der Waals surface area contributed by atoms with Gasteiger partial charge in [-0.3, -0.25) is 4.79 Å². The highest BCUT2D eigenvalue weighted by Crippen LogP contribution is 2.21. The van der Waals surface area contributed by atoms with Crippen LogP contribution in [0.1, 0.15) is 71.3 Å². The first-order valence-corrected chi connectivity index (χ1v) is 17.6. The smallest absolute Gasteiger partial charge is 0.407 e. The van der Waals surface area contributed by atoms with Crippen LogP contribution in [0, 0.1) is 0 Å². The van der Waals surface area contributed by atoms with Crippen LogP contribution in [0.25, 0.3) is 0 Å². The van der Waals surface area contributed by atoms with Crippen LogP contribution in [0.2, 0.25) is 19.6 Å². The molecule has 0 radical (unpaired) electrons. The van der Waals surface area contributed by atoms with Gasteiger partial charge in [0.15, 0.2) is 0 Å². The number of nitrogens with one attached hydrogen (secondary N) is 1. The van der Waals surface area contributed by atoms with Crippen molar-refractivity contribution in [3.05, 3.63) is 35.9 Å². The van der Waals surface area contributed by atoms with Crippen molar-refractivity contribution < 1.29 is 19.4 Å². The van der Waals surface area contributed by atoms with E-state index in [2.05, 4.69) is 59.9 Å². The second kappa shape index (κ2) is 16.3. The molecule has 0 unspecified atom stereocenters. The normalized spacial score (nSPS) is 13.0. The van der Waals surface area contributed by atoms with Crippen molar-refractivity contribution >= 4 is 32.1 Å². The summed E-state index contributed by atoms with van der Waals surface area (Å²) in [5, 5.41) is 12.7. The summed E-state index contributed by atoms with van der Waals surface area (Å²) in [5.41, 5.74) is 0.862. The van der Waals surface area contributed by atoms with Crippen LogP contribution in [-0.4, -0.2) is 60.5 Å². The van der Waals surface area contributed by atoms with Gasteiger partial charge in [-0.1, -0.05) is 62.8 Å². The summed E-state index contributed by atoms with van der Waals surface area (Å²) in [7, 11) is -1.79. The van der Waals surface area contributed by atoms with Crippen LogP contribution in [0.4, 0.5) is 4.79 Å². The van der Waals surface area contributed by atoms with Crippen molar-refractivity contribution in [3.8, 4) is 0 Å². The summed E-state index contributed by atoms with van der Waals surface area (Å²) in [6.07, 6.45) is 6.25. The van der Waals surface area contributed by atoms with E-state index in [0.29, 0.717) is 13.0 Å². The number of unbranched alkanes of at least 4 members (excludes halogenated alkanes) is 4. The fourth-order valence-corrected chi connectivity index (χ4v) is 6.93. The Hall–Kier alpha value is -1.51. The summed E-state index contributed by atoms with van der Waals surface area (Å²) >= 11 is 1.99. The first-order chi connectivity index (χ1) is 16.4. The molecule has 1 atom stereocenters. The minimum absolute atomic E-state index is 0.422. The van der Waals surface area contributed by atoms with Gasteiger partial charge < -0.3 is 19.7 Å². The molecule has 1 rings (SSSR count). The predicted molar refractivity (Wildman–Crippen MR) is 151 cm³/mol. The molecule has 35 heavy (non-hydrogen) atoms. The molecule has 200 valence electrons. The Morgan fingerprint density at radius 3 is 2.29 bits per heavy atom. The number of rotatable bonds is 17. The first-order valence-electron chi connectivity index (χ1n) is 13.0. The minimum Gasteiger partial charge on any atom is -0.480 e. The lowest BCUT2D eigenvalue weighted by atomic mass is 10.1. The minimum atomic E-state index is -1.79. The molecule has 6 nitrogen and oxygen atoms in total. The van der Waals surface area contributed by atoms with Gasteiger partial charge in [-0.15, -0.1) is 0 Å². The average molecular weight is 525 g/mol. The highest BCUT2D eigenvalue weighted by molar-refractivity contribution is 7.98. The number of amides is 1. The second-order valence-electron chi connectivity index (χ2n) is 11.1. The molecular weight excluding hydrogens is 476 g/mol. The van der Waals surface area contributed by atoms with Gasteiger partial charge in [0.1, 0.15) is 19.9 Å². The topological polar surface area (TPSA) is 78.9 Å². The highest BCUT2D eigenvalue weighted by atomic mass is 32.2. The quantitative estimate of drug-likeness (QED) is 0.173. The predicted octanol–water partition coefficient (Wildman–Crippen LogP) is 6.77. The standard InChI is InChI=1S/C27H48N2O4SSi/c1-27(2,3)33-26(32)28-19-13-12-18-24(25(30)31)29(35(4,5)6)20-14-7-8-15-21-34-22-23-16-10-9-11-17-23/h9-11,16-17,24H,7-8,12-15,18-22H2,1-6H3,(H,28,32)(H,30,31)/t24-/m0/s1. The summed E-state index contributed by atoms with van der Waals surface area (Å²) in [5.74, 6) is 1.50. The molecule has 0 fully saturated rings. The highest BCUT2D eigenvalue weighted by Gasteiger charge is 2.34. The summed E-state index contributed by atoms with van der Waals surface area (Å²) in [6, 6.07) is 10.1. The number of alkyl carbamates (subject to hydrolysis) is 1. The van der Waals surface area contributed by atoms with Crippen molar-refractivity contribution in [1.29, 1.82) is 0 Å². The van der Waals surface area contributed by atoms with Gasteiger partial charge >= 0.3 is 12.1 Å². The molecule has 8 heteroatoms. The molecule has 0 saturated carbocycles. The Kier molecular flexibility index (Phi) is 14.7. The number of thioether (sulfide) groups is 1. The van der Waals surface area contributed by atoms with E-state index in [0.717, 1.165) is 38.0 Å². The number of carbonyl (C=O) groups is 2. The molecular formula is C27H48N2O4SSi. The van der Waals surface area contributed by atoms with Gasteiger partial charge in [0.2, 0.25) is 0 Å². The number of carboxylic acids is 1. The zero-order valence-electron chi connectivity index (χ0n) is 22.8. The lowest BCUT2D eigenvalue weighted by Crippen LogP contribution is -2.55. The number of nitrogens with zero attached hydrogens (tertiary/aromatic N) is 1. The molecule has 0 bridgehead atoms. The Bertz CT molecular complexity index is 735. The maximum absolute atomic E-state index is 12.1. The van der Waals surface area contributed by atoms with E-state index < -0.39 is 31.9 Å². The molecule has 1 aromatic rings. The van der Waals surface area contributed by atoms with Crippen LogP contribution in [0.15, 0.2) is 30.3 Å². The third kappa shape index (κ3) is 15.3. The van der Waals surface area contributed by atoms with Gasteiger partial charge in [-0.2, -0.15) is 11.8 Å². The largest absolute Gasteiger partial charge is 0.480 e. The number of hydrogen-bond donors (Lipinski definition) is 2. The molecule has 1 aromatic carbocycles. The van der Waals surface area contributed by atoms with Crippen LogP contribution in [-0.2, 0) is 15.3 Å². The molecule has 0 aliphatic heterocycles. The molecule has 0 spiro atoms. The number of aliphatic carboxylic acids is 1. The van der Waals surface area contributed by atoms with Gasteiger partial charge in [0.05, 0.1) is 0 Å². The van der Waals surface area contributed by atoms with E-state index in [1.807, 2.05) is 32.5 Å². The zero-order valence-corrected chi connectivity index (χ0v) is 24.6. The monoisotopic (exact) mass is 524 g/mol. The van der Waals surface area contributed by atoms with E-state index in [9.17, 15) is 14.7 Å². The van der Waals surface area contributed by atoms with Crippen molar-refractivity contribution in [2.75, 3.05) is 18.8 Å². The lowest BCUT2D eigenvalue weighted by molar-refractivity contribution is -0.142. The fraction of sp³-hybridized carbons (Fsp3) is 0.704. The number of benzene rings is 1. The van der Waals surface area contributed by atoms with Gasteiger partial charge in [0.25, 0.3) is 0 Å². The van der Waals surface area contributed by atoms with Gasteiger partial charge in [-0.05, 0) is 70.7 Å². The molecule has 0 heterocycles. The first kappa shape index (κ1) is 31.5. The molecule has 0 aliphatic carbocycles. The Labute approximate surface area is 218 Å². The number of hydrogen-bond acceptors (Lipinski definition) is 5. The van der Waals surface area contributed by atoms with E-state index >= 15 is 0 Å². The number of ether oxygens (including phenoxy) is 1. The maximum atomic E-state index is 12.1. The molecule has 0 aliphatic rings. The molecule has 0 saturated heterocycles. The van der Waals surface area contributed by atoms with E-state index in [-0.39, 0.29) is 0 Å². The van der Waals surface area contributed by atoms with Crippen LogP contribution in [0.5, 0.6) is 0 Å². The Balaban J connectivity index is 2.34. The second-order valence-corrected chi connectivity index (χ2v) is 17.1. The van der Waals surface area contributed by atoms with Crippen molar-refractivity contribution in [3.63, 3.8) is 0 Å². The number of carboxylic acid groups (broad SMARTS) is 1. The fourth-order valence-electron chi connectivity index (χ4n) is 3.94. The van der Waals surface area contributed by atoms with E-state index in [1.165, 1.54) is 24.2 Å². The third-order valence-electron chi connectivity index (χ3n) is 5.64. The summed E-state index contributed by atoms with van der Waals surface area (Å²) in [6.45, 7) is 13.5. The van der Waals surface area contributed by atoms with Crippen molar-refractivity contribution in [2.24, 2.45) is 0 Å². The SMILES string of the molecule is CC(C)(C)OC(=O)NCCCC[C@@H](C(=O)O)N(CCCCCCSCc1ccccc1)[Si](C)(C)C. The van der Waals surface area contributed by atoms with Gasteiger partial charge in [-0.25, -0.2) is 4.79 Å². The molecule has 1 amide bonds. The zero-order chi connectivity index (χ0) is 26.3. The maximum Gasteiger partial charge on any atom is 0.407 e. The average Bonchev–Trinajstić information content (AvgIpc) is 2.74. The van der Waals surface area contributed by atoms with Crippen molar-refractivity contribution in [2.45, 2.75) is 103 Å². The van der Waals surface area contributed by atoms with Crippen LogP contribution >= 0.6 is 11.8 Å². The summed E-state index contributed by atoms with van der Waals surface area (Å²) in [4.78, 5) is 23.9. The Morgan fingerprint density at radius 1 is 1.03 bits per heavy atom. The third-order valence-corrected chi connectivity index (χ3v) is 9.02. The lowest BCUT2D eigenvalue weighted by Gasteiger charge is -2.39. The molecule has 2 N–H and O–H groups in total. The summed E-state index contributed by atoms with van der Waals surface area (Å²) < 4.78 is 7.52. The number of carbonyl (C=O) groups excluding carboxylic acids is 1. The molecule has 0 aromatic heterocycles. The van der Waals surface area contributed by atoms with Crippen molar-refractivity contribution in [1.82, 2.24) is 9.88 Å². The van der Waals surface area contributed by atoms with Crippen LogP contribution < -0.4 is 5.32 Å². The van der Waals surface area contributed by atoms with E-state index in [4.69, 9.17) is 4.74 Å². The van der Waals surface area contributed by atoms with E-state index in [1.54, 1.807) is 0 Å². The van der Waals surface area contributed by atoms with Crippen LogP contribution in [0.3, 0.4) is 0 Å².